The van der Waals surface area contributed by atoms with Gasteiger partial charge in [-0.25, -0.2) is 0 Å². The van der Waals surface area contributed by atoms with Gasteiger partial charge in [0.1, 0.15) is 10.4 Å². The Hall–Kier alpha value is 0.1000. The molecule has 0 aliphatic carbocycles. The van der Waals surface area contributed by atoms with E-state index in [1.54, 1.807) is 6.07 Å². The van der Waals surface area contributed by atoms with Crippen molar-refractivity contribution < 1.29 is 9.53 Å². The van der Waals surface area contributed by atoms with Gasteiger partial charge in [-0.05, 0) is 34.8 Å². The highest BCUT2D eigenvalue weighted by atomic mass is 79.9. The van der Waals surface area contributed by atoms with Crippen molar-refractivity contribution in [1.82, 2.24) is 0 Å². The van der Waals surface area contributed by atoms with Gasteiger partial charge < -0.3 is 4.74 Å². The van der Waals surface area contributed by atoms with Gasteiger partial charge in [-0.2, -0.15) is 0 Å². The third-order valence-electron chi connectivity index (χ3n) is 2.11. The van der Waals surface area contributed by atoms with Crippen LogP contribution >= 0.6 is 38.9 Å². The molecule has 2 heterocycles. The van der Waals surface area contributed by atoms with E-state index >= 15 is 0 Å². The number of thiophene rings is 1. The number of rotatable bonds is 2. The van der Waals surface area contributed by atoms with Crippen molar-refractivity contribution in [2.75, 3.05) is 6.61 Å². The van der Waals surface area contributed by atoms with Crippen LogP contribution in [-0.2, 0) is 4.74 Å². The lowest BCUT2D eigenvalue weighted by molar-refractivity contribution is 0.0647. The third kappa shape index (κ3) is 2.03. The largest absolute Gasteiger partial charge is 0.370 e. The van der Waals surface area contributed by atoms with E-state index in [0.29, 0.717) is 15.8 Å². The van der Waals surface area contributed by atoms with E-state index in [2.05, 4.69) is 15.9 Å². The molecule has 0 bridgehead atoms. The summed E-state index contributed by atoms with van der Waals surface area (Å²) in [5, 5.41) is 0. The first kappa shape index (κ1) is 10.6. The van der Waals surface area contributed by atoms with E-state index in [1.165, 1.54) is 11.3 Å². The molecule has 2 rings (SSSR count). The van der Waals surface area contributed by atoms with Crippen molar-refractivity contribution in [2.45, 2.75) is 18.9 Å². The van der Waals surface area contributed by atoms with Crippen molar-refractivity contribution in [2.24, 2.45) is 0 Å². The van der Waals surface area contributed by atoms with Gasteiger partial charge in [0, 0.05) is 11.1 Å². The Balaban J connectivity index is 2.18. The monoisotopic (exact) mass is 294 g/mol. The van der Waals surface area contributed by atoms with Crippen LogP contribution in [0.2, 0.25) is 4.34 Å². The molecular weight excluding hydrogens is 288 g/mol. The maximum Gasteiger partial charge on any atom is 0.201 e. The predicted molar refractivity (Wildman–Crippen MR) is 60.3 cm³/mol. The van der Waals surface area contributed by atoms with E-state index in [1.807, 2.05) is 0 Å². The molecule has 1 aliphatic heterocycles. The van der Waals surface area contributed by atoms with E-state index in [9.17, 15) is 4.79 Å². The van der Waals surface area contributed by atoms with Gasteiger partial charge in [0.15, 0.2) is 0 Å². The SMILES string of the molecule is O=C(c1cc(Br)c(Cl)s1)C1CCCO1. The predicted octanol–water partition coefficient (Wildman–Crippen LogP) is 3.53. The number of hydrogen-bond donors (Lipinski definition) is 0. The molecule has 0 N–H and O–H groups in total. The number of Topliss-reactive ketones (excluding diaryl/α,β-unsaturated/α-hetero) is 1. The van der Waals surface area contributed by atoms with Crippen LogP contribution in [0, 0.1) is 0 Å². The molecule has 1 unspecified atom stereocenters. The summed E-state index contributed by atoms with van der Waals surface area (Å²) in [6.45, 7) is 0.691. The Morgan fingerprint density at radius 3 is 3.00 bits per heavy atom. The molecule has 2 nitrogen and oxygen atoms in total. The average Bonchev–Trinajstić information content (AvgIpc) is 2.76. The lowest BCUT2D eigenvalue weighted by Crippen LogP contribution is -2.18. The lowest BCUT2D eigenvalue weighted by Gasteiger charge is -2.04. The van der Waals surface area contributed by atoms with E-state index < -0.39 is 0 Å². The van der Waals surface area contributed by atoms with Crippen LogP contribution in [0.25, 0.3) is 0 Å². The molecule has 0 saturated carbocycles. The second-order valence-electron chi connectivity index (χ2n) is 3.10. The molecule has 0 amide bonds. The molecule has 1 fully saturated rings. The van der Waals surface area contributed by atoms with Gasteiger partial charge in [-0.1, -0.05) is 11.6 Å². The van der Waals surface area contributed by atoms with Gasteiger partial charge in [-0.15, -0.1) is 11.3 Å². The smallest absolute Gasteiger partial charge is 0.201 e. The molecule has 1 aliphatic rings. The van der Waals surface area contributed by atoms with Crippen LogP contribution in [0.15, 0.2) is 10.5 Å². The molecule has 5 heteroatoms. The minimum atomic E-state index is -0.253. The highest BCUT2D eigenvalue weighted by molar-refractivity contribution is 9.10. The van der Waals surface area contributed by atoms with Crippen molar-refractivity contribution in [1.29, 1.82) is 0 Å². The molecule has 0 aromatic carbocycles. The van der Waals surface area contributed by atoms with Crippen LogP contribution in [0.4, 0.5) is 0 Å². The summed E-state index contributed by atoms with van der Waals surface area (Å²) in [6, 6.07) is 1.76. The van der Waals surface area contributed by atoms with E-state index in [4.69, 9.17) is 16.3 Å². The van der Waals surface area contributed by atoms with Crippen molar-refractivity contribution in [3.8, 4) is 0 Å². The second-order valence-corrected chi connectivity index (χ2v) is 5.61. The molecular formula is C9H8BrClO2S. The van der Waals surface area contributed by atoms with Crippen molar-refractivity contribution in [3.05, 3.63) is 19.8 Å². The maximum absolute atomic E-state index is 11.8. The summed E-state index contributed by atoms with van der Waals surface area (Å²) in [4.78, 5) is 12.5. The molecule has 1 atom stereocenters. The molecule has 0 radical (unpaired) electrons. The number of hydrogen-bond acceptors (Lipinski definition) is 3. The first-order valence-corrected chi connectivity index (χ1v) is 6.28. The van der Waals surface area contributed by atoms with Gasteiger partial charge >= 0.3 is 0 Å². The molecule has 76 valence electrons. The number of ether oxygens (including phenoxy) is 1. The Kier molecular flexibility index (Phi) is 3.27. The number of ketones is 1. The van der Waals surface area contributed by atoms with Gasteiger partial charge in [0.05, 0.1) is 4.88 Å². The van der Waals surface area contributed by atoms with Crippen LogP contribution in [0.1, 0.15) is 22.5 Å². The van der Waals surface area contributed by atoms with Crippen LogP contribution in [0.3, 0.4) is 0 Å². The van der Waals surface area contributed by atoms with Crippen LogP contribution < -0.4 is 0 Å². The molecule has 1 saturated heterocycles. The molecule has 1 aromatic rings. The average molecular weight is 296 g/mol. The van der Waals surface area contributed by atoms with Crippen molar-refractivity contribution in [3.63, 3.8) is 0 Å². The number of carbonyl (C=O) groups is 1. The standard InChI is InChI=1S/C9H8BrClO2S/c10-5-4-7(14-9(5)11)8(12)6-2-1-3-13-6/h4,6H,1-3H2. The first-order valence-electron chi connectivity index (χ1n) is 4.29. The quantitative estimate of drug-likeness (QED) is 0.780. The minimum absolute atomic E-state index is 0.0556. The fourth-order valence-electron chi connectivity index (χ4n) is 1.41. The molecule has 0 spiro atoms. The molecule has 1 aromatic heterocycles. The van der Waals surface area contributed by atoms with E-state index in [0.717, 1.165) is 17.3 Å². The highest BCUT2D eigenvalue weighted by Gasteiger charge is 2.26. The number of halogens is 2. The minimum Gasteiger partial charge on any atom is -0.370 e. The summed E-state index contributed by atoms with van der Waals surface area (Å²) in [5.74, 6) is 0.0556. The van der Waals surface area contributed by atoms with Crippen molar-refractivity contribution >= 4 is 44.7 Å². The lowest BCUT2D eigenvalue weighted by atomic mass is 10.1. The van der Waals surface area contributed by atoms with Crippen LogP contribution in [-0.4, -0.2) is 18.5 Å². The van der Waals surface area contributed by atoms with Crippen LogP contribution in [0.5, 0.6) is 0 Å². The first-order chi connectivity index (χ1) is 6.68. The molecule has 14 heavy (non-hydrogen) atoms. The summed E-state index contributed by atoms with van der Waals surface area (Å²) in [6.07, 6.45) is 1.54. The second kappa shape index (κ2) is 4.31. The fourth-order valence-corrected chi connectivity index (χ4v) is 3.10. The van der Waals surface area contributed by atoms with Gasteiger partial charge in [0.2, 0.25) is 5.78 Å². The van der Waals surface area contributed by atoms with E-state index in [-0.39, 0.29) is 11.9 Å². The highest BCUT2D eigenvalue weighted by Crippen LogP contribution is 2.33. The summed E-state index contributed by atoms with van der Waals surface area (Å²) >= 11 is 10.4. The zero-order valence-electron chi connectivity index (χ0n) is 7.26. The number of carbonyl (C=O) groups excluding carboxylic acids is 1. The topological polar surface area (TPSA) is 26.3 Å². The Bertz CT molecular complexity index is 338. The zero-order valence-corrected chi connectivity index (χ0v) is 10.4. The third-order valence-corrected chi connectivity index (χ3v) is 4.60. The van der Waals surface area contributed by atoms with Gasteiger partial charge in [0.25, 0.3) is 0 Å². The summed E-state index contributed by atoms with van der Waals surface area (Å²) < 4.78 is 6.72. The summed E-state index contributed by atoms with van der Waals surface area (Å²) in [7, 11) is 0. The van der Waals surface area contributed by atoms with Gasteiger partial charge in [-0.3, -0.25) is 4.79 Å². The maximum atomic E-state index is 11.8. The summed E-state index contributed by atoms with van der Waals surface area (Å²) in [5.41, 5.74) is 0. The zero-order chi connectivity index (χ0) is 10.1. The Morgan fingerprint density at radius 1 is 1.71 bits per heavy atom. The normalized spacial score (nSPS) is 21.4. The Morgan fingerprint density at radius 2 is 2.50 bits per heavy atom. The fraction of sp³-hybridized carbons (Fsp3) is 0.444. The Labute approximate surface area is 99.3 Å².